The average Bonchev–Trinajstić information content (AvgIpc) is 3.06. The van der Waals surface area contributed by atoms with Crippen LogP contribution in [0.4, 0.5) is 5.69 Å². The predicted octanol–water partition coefficient (Wildman–Crippen LogP) is 4.56. The minimum Gasteiger partial charge on any atom is -0.486 e. The van der Waals surface area contributed by atoms with Crippen LogP contribution >= 0.6 is 11.8 Å². The highest BCUT2D eigenvalue weighted by atomic mass is 32.2. The van der Waals surface area contributed by atoms with E-state index >= 15 is 0 Å². The van der Waals surface area contributed by atoms with Crippen LogP contribution in [0.2, 0.25) is 0 Å². The molecule has 7 heteroatoms. The maximum atomic E-state index is 12.2. The van der Waals surface area contributed by atoms with Crippen molar-refractivity contribution in [2.75, 3.05) is 11.1 Å². The fourth-order valence-electron chi connectivity index (χ4n) is 2.66. The first-order valence-electron chi connectivity index (χ1n) is 9.52. The maximum absolute atomic E-state index is 12.2. The number of aryl methyl sites for hydroxylation is 1. The second-order valence-electron chi connectivity index (χ2n) is 7.17. The predicted molar refractivity (Wildman–Crippen MR) is 116 cm³/mol. The standard InChI is InChI=1S/C22H26N4O2S/c1-15(2)17-7-11-19(12-8-17)28-13-20-24-25-22(26(20)4)29-14-21(27)23-18-9-5-16(3)6-10-18/h5-12,15H,13-14H2,1-4H3,(H,23,27). The molecule has 1 N–H and O–H groups in total. The third kappa shape index (κ3) is 5.84. The Morgan fingerprint density at radius 3 is 2.45 bits per heavy atom. The summed E-state index contributed by atoms with van der Waals surface area (Å²) >= 11 is 1.35. The van der Waals surface area contributed by atoms with Crippen molar-refractivity contribution in [1.29, 1.82) is 0 Å². The van der Waals surface area contributed by atoms with Crippen molar-refractivity contribution in [2.45, 2.75) is 38.5 Å². The summed E-state index contributed by atoms with van der Waals surface area (Å²) in [5, 5.41) is 11.9. The molecule has 1 aromatic heterocycles. The second-order valence-corrected chi connectivity index (χ2v) is 8.12. The van der Waals surface area contributed by atoms with E-state index in [9.17, 15) is 4.79 Å². The highest BCUT2D eigenvalue weighted by molar-refractivity contribution is 7.99. The number of aromatic nitrogens is 3. The number of hydrogen-bond donors (Lipinski definition) is 1. The highest BCUT2D eigenvalue weighted by Crippen LogP contribution is 2.20. The highest BCUT2D eigenvalue weighted by Gasteiger charge is 2.12. The zero-order valence-corrected chi connectivity index (χ0v) is 18.0. The summed E-state index contributed by atoms with van der Waals surface area (Å²) in [7, 11) is 1.88. The lowest BCUT2D eigenvalue weighted by atomic mass is 10.0. The summed E-state index contributed by atoms with van der Waals surface area (Å²) in [6.07, 6.45) is 0. The zero-order valence-electron chi connectivity index (χ0n) is 17.2. The molecule has 0 aliphatic rings. The Balaban J connectivity index is 1.50. The number of carbonyl (C=O) groups excluding carboxylic acids is 1. The largest absolute Gasteiger partial charge is 0.486 e. The van der Waals surface area contributed by atoms with Gasteiger partial charge in [-0.25, -0.2) is 0 Å². The maximum Gasteiger partial charge on any atom is 0.234 e. The fraction of sp³-hybridized carbons (Fsp3) is 0.318. The molecule has 0 radical (unpaired) electrons. The molecule has 0 saturated heterocycles. The first-order valence-corrected chi connectivity index (χ1v) is 10.5. The van der Waals surface area contributed by atoms with Crippen LogP contribution in [-0.4, -0.2) is 26.4 Å². The molecule has 0 spiro atoms. The number of ether oxygens (including phenoxy) is 1. The van der Waals surface area contributed by atoms with Crippen LogP contribution in [-0.2, 0) is 18.4 Å². The lowest BCUT2D eigenvalue weighted by Gasteiger charge is -2.09. The van der Waals surface area contributed by atoms with Crippen molar-refractivity contribution >= 4 is 23.4 Å². The molecule has 0 unspecified atom stereocenters. The first kappa shape index (κ1) is 20.9. The van der Waals surface area contributed by atoms with Crippen LogP contribution < -0.4 is 10.1 Å². The van der Waals surface area contributed by atoms with Crippen LogP contribution in [0, 0.1) is 6.92 Å². The summed E-state index contributed by atoms with van der Waals surface area (Å²) in [6, 6.07) is 15.8. The van der Waals surface area contributed by atoms with Gasteiger partial charge in [-0.2, -0.15) is 0 Å². The Morgan fingerprint density at radius 1 is 1.10 bits per heavy atom. The lowest BCUT2D eigenvalue weighted by Crippen LogP contribution is -2.14. The van der Waals surface area contributed by atoms with Crippen LogP contribution in [0.3, 0.4) is 0 Å². The SMILES string of the molecule is Cc1ccc(NC(=O)CSc2nnc(COc3ccc(C(C)C)cc3)n2C)cc1. The number of carbonyl (C=O) groups is 1. The number of thioether (sulfide) groups is 1. The average molecular weight is 411 g/mol. The summed E-state index contributed by atoms with van der Waals surface area (Å²) < 4.78 is 7.68. The number of nitrogens with zero attached hydrogens (tertiary/aromatic N) is 3. The second kappa shape index (κ2) is 9.60. The van der Waals surface area contributed by atoms with Crippen LogP contribution in [0.15, 0.2) is 53.7 Å². The van der Waals surface area contributed by atoms with Gasteiger partial charge in [-0.15, -0.1) is 10.2 Å². The number of hydrogen-bond acceptors (Lipinski definition) is 5. The molecule has 152 valence electrons. The normalized spacial score (nSPS) is 10.9. The zero-order chi connectivity index (χ0) is 20.8. The van der Waals surface area contributed by atoms with E-state index in [1.165, 1.54) is 17.3 Å². The van der Waals surface area contributed by atoms with Crippen molar-refractivity contribution < 1.29 is 9.53 Å². The summed E-state index contributed by atoms with van der Waals surface area (Å²) in [4.78, 5) is 12.2. The van der Waals surface area contributed by atoms with E-state index in [-0.39, 0.29) is 11.7 Å². The first-order chi connectivity index (χ1) is 13.9. The topological polar surface area (TPSA) is 69.0 Å². The molecule has 0 saturated carbocycles. The Labute approximate surface area is 175 Å². The molecule has 0 atom stereocenters. The Morgan fingerprint density at radius 2 is 1.79 bits per heavy atom. The molecule has 0 aliphatic carbocycles. The Bertz CT molecular complexity index is 950. The van der Waals surface area contributed by atoms with Crippen LogP contribution in [0.1, 0.15) is 36.7 Å². The number of rotatable bonds is 8. The molecule has 0 aliphatic heterocycles. The summed E-state index contributed by atoms with van der Waals surface area (Å²) in [6.45, 7) is 6.66. The summed E-state index contributed by atoms with van der Waals surface area (Å²) in [5.41, 5.74) is 3.22. The molecule has 3 aromatic rings. The molecule has 29 heavy (non-hydrogen) atoms. The van der Waals surface area contributed by atoms with Gasteiger partial charge in [0.05, 0.1) is 5.75 Å². The van der Waals surface area contributed by atoms with Gasteiger partial charge >= 0.3 is 0 Å². The molecule has 0 bridgehead atoms. The molecule has 2 aromatic carbocycles. The number of amides is 1. The van der Waals surface area contributed by atoms with Gasteiger partial charge in [0.15, 0.2) is 11.0 Å². The van der Waals surface area contributed by atoms with E-state index in [1.807, 2.05) is 54.9 Å². The molecule has 0 fully saturated rings. The van der Waals surface area contributed by atoms with Gasteiger partial charge in [0.25, 0.3) is 0 Å². The molecular formula is C22H26N4O2S. The van der Waals surface area contributed by atoms with E-state index in [1.54, 1.807) is 0 Å². The van der Waals surface area contributed by atoms with Crippen molar-refractivity contribution in [1.82, 2.24) is 14.8 Å². The van der Waals surface area contributed by atoms with Gasteiger partial charge in [0, 0.05) is 12.7 Å². The number of nitrogens with one attached hydrogen (secondary N) is 1. The van der Waals surface area contributed by atoms with Gasteiger partial charge < -0.3 is 14.6 Å². The van der Waals surface area contributed by atoms with Gasteiger partial charge in [-0.3, -0.25) is 4.79 Å². The van der Waals surface area contributed by atoms with E-state index < -0.39 is 0 Å². The molecule has 6 nitrogen and oxygen atoms in total. The minimum atomic E-state index is -0.0788. The number of benzene rings is 2. The van der Waals surface area contributed by atoms with Crippen LogP contribution in [0.5, 0.6) is 5.75 Å². The van der Waals surface area contributed by atoms with Crippen molar-refractivity contribution in [3.63, 3.8) is 0 Å². The van der Waals surface area contributed by atoms with Gasteiger partial charge in [0.2, 0.25) is 5.91 Å². The van der Waals surface area contributed by atoms with Gasteiger partial charge in [0.1, 0.15) is 12.4 Å². The fourth-order valence-corrected chi connectivity index (χ4v) is 3.39. The minimum absolute atomic E-state index is 0.0788. The molecule has 1 heterocycles. The number of anilines is 1. The van der Waals surface area contributed by atoms with Gasteiger partial charge in [-0.05, 0) is 42.7 Å². The smallest absolute Gasteiger partial charge is 0.234 e. The van der Waals surface area contributed by atoms with E-state index in [0.717, 1.165) is 17.0 Å². The van der Waals surface area contributed by atoms with E-state index in [0.29, 0.717) is 23.5 Å². The molecule has 1 amide bonds. The lowest BCUT2D eigenvalue weighted by molar-refractivity contribution is -0.113. The molecule has 3 rings (SSSR count). The van der Waals surface area contributed by atoms with E-state index in [2.05, 4.69) is 41.5 Å². The van der Waals surface area contributed by atoms with Crippen molar-refractivity contribution in [3.8, 4) is 5.75 Å². The third-order valence-electron chi connectivity index (χ3n) is 4.51. The monoisotopic (exact) mass is 410 g/mol. The van der Waals surface area contributed by atoms with Crippen molar-refractivity contribution in [2.24, 2.45) is 7.05 Å². The Hall–Kier alpha value is -2.80. The van der Waals surface area contributed by atoms with Gasteiger partial charge in [-0.1, -0.05) is 55.4 Å². The van der Waals surface area contributed by atoms with E-state index in [4.69, 9.17) is 4.74 Å². The van der Waals surface area contributed by atoms with Crippen LogP contribution in [0.25, 0.3) is 0 Å². The quantitative estimate of drug-likeness (QED) is 0.552. The van der Waals surface area contributed by atoms with Crippen molar-refractivity contribution in [3.05, 3.63) is 65.5 Å². The molecular weight excluding hydrogens is 384 g/mol. The Kier molecular flexibility index (Phi) is 6.93. The summed E-state index contributed by atoms with van der Waals surface area (Å²) in [5.74, 6) is 2.18. The third-order valence-corrected chi connectivity index (χ3v) is 5.53.